The van der Waals surface area contributed by atoms with Gasteiger partial charge in [0, 0.05) is 19.6 Å². The van der Waals surface area contributed by atoms with Gasteiger partial charge in [0.15, 0.2) is 0 Å². The summed E-state index contributed by atoms with van der Waals surface area (Å²) in [6, 6.07) is 0. The minimum atomic E-state index is -4.22. The molecule has 0 spiro atoms. The lowest BCUT2D eigenvalue weighted by Gasteiger charge is -2.14. The molecule has 1 N–H and O–H groups in total. The maximum atomic E-state index is 11.6. The molecule has 6 heteroatoms. The van der Waals surface area contributed by atoms with Crippen molar-refractivity contribution in [3.8, 4) is 0 Å². The van der Waals surface area contributed by atoms with Gasteiger partial charge < -0.3 is 15.0 Å². The van der Waals surface area contributed by atoms with E-state index in [2.05, 4.69) is 15.0 Å². The second kappa shape index (κ2) is 7.90. The summed E-state index contributed by atoms with van der Waals surface area (Å²) in [5.74, 6) is 0. The Morgan fingerprint density at radius 1 is 1.27 bits per heavy atom. The molecule has 0 saturated heterocycles. The number of hydrogen-bond acceptors (Lipinski definition) is 3. The SMILES string of the molecule is CCN(C)CCNCCOCC(F)(F)F. The Hall–Kier alpha value is -0.330. The standard InChI is InChI=1S/C9H19F3N2O/c1-3-14(2)6-4-13-5-7-15-8-9(10,11)12/h13H,3-8H2,1-2H3. The molecule has 0 heterocycles. The van der Waals surface area contributed by atoms with Gasteiger partial charge in [0.25, 0.3) is 0 Å². The van der Waals surface area contributed by atoms with Gasteiger partial charge in [0.2, 0.25) is 0 Å². The highest BCUT2D eigenvalue weighted by molar-refractivity contribution is 4.53. The van der Waals surface area contributed by atoms with Crippen LogP contribution in [0.5, 0.6) is 0 Å². The van der Waals surface area contributed by atoms with Crippen molar-refractivity contribution in [2.45, 2.75) is 13.1 Å². The molecule has 0 aliphatic heterocycles. The molecule has 0 aliphatic carbocycles. The molecule has 3 nitrogen and oxygen atoms in total. The quantitative estimate of drug-likeness (QED) is 0.630. The minimum Gasteiger partial charge on any atom is -0.371 e. The van der Waals surface area contributed by atoms with Gasteiger partial charge in [-0.2, -0.15) is 13.2 Å². The van der Waals surface area contributed by atoms with E-state index in [1.54, 1.807) is 0 Å². The average molecular weight is 228 g/mol. The lowest BCUT2D eigenvalue weighted by molar-refractivity contribution is -0.173. The van der Waals surface area contributed by atoms with E-state index in [1.165, 1.54) is 0 Å². The van der Waals surface area contributed by atoms with Crippen molar-refractivity contribution in [3.63, 3.8) is 0 Å². The van der Waals surface area contributed by atoms with E-state index in [0.29, 0.717) is 6.54 Å². The first kappa shape index (κ1) is 14.7. The second-order valence-electron chi connectivity index (χ2n) is 3.31. The van der Waals surface area contributed by atoms with Gasteiger partial charge in [-0.1, -0.05) is 6.92 Å². The Labute approximate surface area is 88.6 Å². The van der Waals surface area contributed by atoms with Crippen LogP contribution in [0, 0.1) is 0 Å². The van der Waals surface area contributed by atoms with Crippen LogP contribution in [0.15, 0.2) is 0 Å². The highest BCUT2D eigenvalue weighted by Gasteiger charge is 2.27. The van der Waals surface area contributed by atoms with Crippen molar-refractivity contribution in [3.05, 3.63) is 0 Å². The molecule has 0 amide bonds. The molecule has 0 saturated carbocycles. The van der Waals surface area contributed by atoms with Gasteiger partial charge in [0.05, 0.1) is 6.61 Å². The van der Waals surface area contributed by atoms with Crippen LogP contribution < -0.4 is 5.32 Å². The molecule has 0 rings (SSSR count). The Morgan fingerprint density at radius 3 is 2.47 bits per heavy atom. The predicted octanol–water partition coefficient (Wildman–Crippen LogP) is 1.11. The first-order valence-electron chi connectivity index (χ1n) is 4.99. The van der Waals surface area contributed by atoms with Crippen LogP contribution in [0.4, 0.5) is 13.2 Å². The summed E-state index contributed by atoms with van der Waals surface area (Å²) in [5, 5.41) is 3.00. The molecule has 0 aromatic carbocycles. The smallest absolute Gasteiger partial charge is 0.371 e. The molecule has 0 bridgehead atoms. The summed E-state index contributed by atoms with van der Waals surface area (Å²) < 4.78 is 39.3. The lowest BCUT2D eigenvalue weighted by atomic mass is 10.5. The van der Waals surface area contributed by atoms with E-state index in [4.69, 9.17) is 0 Å². The van der Waals surface area contributed by atoms with Gasteiger partial charge >= 0.3 is 6.18 Å². The van der Waals surface area contributed by atoms with Crippen molar-refractivity contribution in [1.29, 1.82) is 0 Å². The van der Waals surface area contributed by atoms with E-state index in [9.17, 15) is 13.2 Å². The van der Waals surface area contributed by atoms with E-state index in [1.807, 2.05) is 14.0 Å². The molecule has 0 atom stereocenters. The third-order valence-corrected chi connectivity index (χ3v) is 1.90. The van der Waals surface area contributed by atoms with Crippen LogP contribution >= 0.6 is 0 Å². The Bertz CT molecular complexity index is 153. The maximum Gasteiger partial charge on any atom is 0.411 e. The number of rotatable bonds is 8. The first-order valence-corrected chi connectivity index (χ1v) is 4.99. The highest BCUT2D eigenvalue weighted by atomic mass is 19.4. The van der Waals surface area contributed by atoms with Crippen LogP contribution in [-0.2, 0) is 4.74 Å². The van der Waals surface area contributed by atoms with Gasteiger partial charge in [-0.15, -0.1) is 0 Å². The Kier molecular flexibility index (Phi) is 7.72. The van der Waals surface area contributed by atoms with Gasteiger partial charge in [-0.05, 0) is 13.6 Å². The highest BCUT2D eigenvalue weighted by Crippen LogP contribution is 2.13. The van der Waals surface area contributed by atoms with Gasteiger partial charge in [-0.25, -0.2) is 0 Å². The van der Waals surface area contributed by atoms with Crippen molar-refractivity contribution in [2.75, 3.05) is 46.4 Å². The molecule has 0 aliphatic rings. The number of halogens is 3. The van der Waals surface area contributed by atoms with E-state index >= 15 is 0 Å². The summed E-state index contributed by atoms with van der Waals surface area (Å²) in [5.41, 5.74) is 0. The fraction of sp³-hybridized carbons (Fsp3) is 1.00. The minimum absolute atomic E-state index is 0.0926. The summed E-state index contributed by atoms with van der Waals surface area (Å²) in [4.78, 5) is 2.11. The third-order valence-electron chi connectivity index (χ3n) is 1.90. The molecule has 92 valence electrons. The van der Waals surface area contributed by atoms with Gasteiger partial charge in [0.1, 0.15) is 6.61 Å². The molecule has 0 fully saturated rings. The lowest BCUT2D eigenvalue weighted by Crippen LogP contribution is -2.31. The van der Waals surface area contributed by atoms with Crippen LogP contribution in [-0.4, -0.2) is 57.5 Å². The maximum absolute atomic E-state index is 11.6. The third kappa shape index (κ3) is 11.6. The zero-order valence-electron chi connectivity index (χ0n) is 9.23. The topological polar surface area (TPSA) is 24.5 Å². The van der Waals surface area contributed by atoms with Crippen LogP contribution in [0.3, 0.4) is 0 Å². The van der Waals surface area contributed by atoms with E-state index < -0.39 is 12.8 Å². The van der Waals surface area contributed by atoms with E-state index in [-0.39, 0.29) is 6.61 Å². The van der Waals surface area contributed by atoms with Crippen molar-refractivity contribution in [1.82, 2.24) is 10.2 Å². The molecule has 0 radical (unpaired) electrons. The Balaban J connectivity index is 3.12. The second-order valence-corrected chi connectivity index (χ2v) is 3.31. The van der Waals surface area contributed by atoms with Crippen molar-refractivity contribution < 1.29 is 17.9 Å². The normalized spacial score (nSPS) is 12.4. The largest absolute Gasteiger partial charge is 0.411 e. The zero-order chi connectivity index (χ0) is 11.7. The number of alkyl halides is 3. The summed E-state index contributed by atoms with van der Waals surface area (Å²) in [6.07, 6.45) is -4.22. The fourth-order valence-electron chi connectivity index (χ4n) is 0.885. The molecule has 15 heavy (non-hydrogen) atoms. The van der Waals surface area contributed by atoms with Crippen molar-refractivity contribution in [2.24, 2.45) is 0 Å². The molecular formula is C9H19F3N2O. The number of ether oxygens (including phenoxy) is 1. The molecule has 0 unspecified atom stereocenters. The Morgan fingerprint density at radius 2 is 1.93 bits per heavy atom. The first-order chi connectivity index (χ1) is 6.95. The average Bonchev–Trinajstić information content (AvgIpc) is 2.14. The molecular weight excluding hydrogens is 209 g/mol. The molecule has 0 aromatic rings. The summed E-state index contributed by atoms with van der Waals surface area (Å²) in [7, 11) is 1.99. The van der Waals surface area contributed by atoms with Crippen LogP contribution in [0.2, 0.25) is 0 Å². The number of nitrogens with zero attached hydrogens (tertiary/aromatic N) is 1. The number of hydrogen-bond donors (Lipinski definition) is 1. The van der Waals surface area contributed by atoms with Crippen LogP contribution in [0.1, 0.15) is 6.92 Å². The predicted molar refractivity (Wildman–Crippen MR) is 52.9 cm³/mol. The fourth-order valence-corrected chi connectivity index (χ4v) is 0.885. The van der Waals surface area contributed by atoms with Gasteiger partial charge in [-0.3, -0.25) is 0 Å². The monoisotopic (exact) mass is 228 g/mol. The summed E-state index contributed by atoms with van der Waals surface area (Å²) >= 11 is 0. The summed E-state index contributed by atoms with van der Waals surface area (Å²) in [6.45, 7) is 4.04. The number of likely N-dealkylation sites (N-methyl/N-ethyl adjacent to an activating group) is 1. The van der Waals surface area contributed by atoms with Crippen LogP contribution in [0.25, 0.3) is 0 Å². The molecule has 0 aromatic heterocycles. The zero-order valence-corrected chi connectivity index (χ0v) is 9.23. The van der Waals surface area contributed by atoms with Crippen molar-refractivity contribution >= 4 is 0 Å². The number of nitrogens with one attached hydrogen (secondary N) is 1. The van der Waals surface area contributed by atoms with E-state index in [0.717, 1.165) is 19.6 Å².